The lowest BCUT2D eigenvalue weighted by molar-refractivity contribution is 0.0625. The molecule has 0 aromatic heterocycles. The van der Waals surface area contributed by atoms with Gasteiger partial charge in [0.15, 0.2) is 0 Å². The number of nitrogens with two attached hydrogens (primary N) is 1. The Morgan fingerprint density at radius 2 is 1.83 bits per heavy atom. The van der Waals surface area contributed by atoms with Crippen LogP contribution < -0.4 is 10.5 Å². The maximum atomic E-state index is 12.1. The van der Waals surface area contributed by atoms with Gasteiger partial charge in [-0.2, -0.15) is 0 Å². The first kappa shape index (κ1) is 12.6. The van der Waals surface area contributed by atoms with Crippen molar-refractivity contribution < 1.29 is 14.3 Å². The van der Waals surface area contributed by atoms with Gasteiger partial charge in [-0.25, -0.2) is 0 Å². The number of hydrogen-bond donors (Lipinski definition) is 1. The van der Waals surface area contributed by atoms with Crippen molar-refractivity contribution in [1.82, 2.24) is 4.90 Å². The highest BCUT2D eigenvalue weighted by molar-refractivity contribution is 6.21. The van der Waals surface area contributed by atoms with Crippen molar-refractivity contribution in [3.8, 4) is 5.75 Å². The number of amides is 2. The maximum absolute atomic E-state index is 12.1. The highest BCUT2D eigenvalue weighted by atomic mass is 16.5. The minimum atomic E-state index is -0.614. The number of methoxy groups -OCH3 is 1. The summed E-state index contributed by atoms with van der Waals surface area (Å²) in [4.78, 5) is 25.4. The van der Waals surface area contributed by atoms with E-state index in [0.29, 0.717) is 16.9 Å². The van der Waals surface area contributed by atoms with Crippen molar-refractivity contribution in [2.45, 2.75) is 19.4 Å². The lowest BCUT2D eigenvalue weighted by atomic mass is 10.1. The summed E-state index contributed by atoms with van der Waals surface area (Å²) >= 11 is 0. The van der Waals surface area contributed by atoms with Gasteiger partial charge in [0, 0.05) is 12.1 Å². The maximum Gasteiger partial charge on any atom is 0.261 e. The average molecular weight is 248 g/mol. The van der Waals surface area contributed by atoms with Gasteiger partial charge in [0.05, 0.1) is 18.2 Å². The lowest BCUT2D eigenvalue weighted by Crippen LogP contribution is -2.47. The largest absolute Gasteiger partial charge is 0.497 e. The molecule has 18 heavy (non-hydrogen) atoms. The van der Waals surface area contributed by atoms with Gasteiger partial charge >= 0.3 is 0 Å². The smallest absolute Gasteiger partial charge is 0.261 e. The van der Waals surface area contributed by atoms with Crippen molar-refractivity contribution in [3.05, 3.63) is 29.3 Å². The second-order valence-electron chi connectivity index (χ2n) is 5.10. The molecule has 2 N–H and O–H groups in total. The third-order valence-electron chi connectivity index (χ3n) is 2.74. The Labute approximate surface area is 106 Å². The molecule has 0 fully saturated rings. The molecular formula is C13H16N2O3. The number of hydrogen-bond acceptors (Lipinski definition) is 4. The SMILES string of the molecule is COc1ccc2c(c1)C(=O)N(CC(C)(C)N)C2=O. The summed E-state index contributed by atoms with van der Waals surface area (Å²) in [6.45, 7) is 3.75. The van der Waals surface area contributed by atoms with E-state index in [-0.39, 0.29) is 18.4 Å². The summed E-state index contributed by atoms with van der Waals surface area (Å²) in [5.41, 5.74) is 6.03. The summed E-state index contributed by atoms with van der Waals surface area (Å²) in [5.74, 6) is -0.0487. The van der Waals surface area contributed by atoms with Crippen LogP contribution >= 0.6 is 0 Å². The highest BCUT2D eigenvalue weighted by Crippen LogP contribution is 2.27. The molecule has 0 bridgehead atoms. The highest BCUT2D eigenvalue weighted by Gasteiger charge is 2.37. The van der Waals surface area contributed by atoms with Crippen LogP contribution in [0.25, 0.3) is 0 Å². The number of nitrogens with zero attached hydrogens (tertiary/aromatic N) is 1. The van der Waals surface area contributed by atoms with Crippen molar-refractivity contribution in [2.24, 2.45) is 5.73 Å². The van der Waals surface area contributed by atoms with Crippen LogP contribution in [0.2, 0.25) is 0 Å². The normalized spacial score (nSPS) is 15.0. The van der Waals surface area contributed by atoms with Crippen LogP contribution in [0.3, 0.4) is 0 Å². The van der Waals surface area contributed by atoms with Gasteiger partial charge in [-0.1, -0.05) is 0 Å². The summed E-state index contributed by atoms with van der Waals surface area (Å²) in [6.07, 6.45) is 0. The van der Waals surface area contributed by atoms with Gasteiger partial charge in [0.1, 0.15) is 5.75 Å². The summed E-state index contributed by atoms with van der Waals surface area (Å²) in [6, 6.07) is 4.86. The predicted molar refractivity (Wildman–Crippen MR) is 66.6 cm³/mol. The van der Waals surface area contributed by atoms with Crippen LogP contribution in [0.1, 0.15) is 34.6 Å². The number of carbonyl (C=O) groups excluding carboxylic acids is 2. The molecular weight excluding hydrogens is 232 g/mol. The summed E-state index contributed by atoms with van der Waals surface area (Å²) in [7, 11) is 1.52. The van der Waals surface area contributed by atoms with Gasteiger partial charge in [0.25, 0.3) is 11.8 Å². The van der Waals surface area contributed by atoms with Crippen molar-refractivity contribution in [3.63, 3.8) is 0 Å². The van der Waals surface area contributed by atoms with E-state index in [0.717, 1.165) is 0 Å². The van der Waals surface area contributed by atoms with Crippen molar-refractivity contribution >= 4 is 11.8 Å². The molecule has 0 atom stereocenters. The number of fused-ring (bicyclic) bond motifs is 1. The second-order valence-corrected chi connectivity index (χ2v) is 5.10. The van der Waals surface area contributed by atoms with E-state index in [2.05, 4.69) is 0 Å². The fourth-order valence-corrected chi connectivity index (χ4v) is 1.95. The van der Waals surface area contributed by atoms with Crippen LogP contribution in [-0.4, -0.2) is 35.9 Å². The Hall–Kier alpha value is -1.88. The zero-order valence-corrected chi connectivity index (χ0v) is 10.7. The number of carbonyl (C=O) groups is 2. The van der Waals surface area contributed by atoms with E-state index in [1.54, 1.807) is 32.0 Å². The van der Waals surface area contributed by atoms with Crippen LogP contribution in [-0.2, 0) is 0 Å². The molecule has 2 rings (SSSR count). The molecule has 0 unspecified atom stereocenters. The number of benzene rings is 1. The molecule has 1 aromatic carbocycles. The number of rotatable bonds is 3. The molecule has 5 nitrogen and oxygen atoms in total. The van der Waals surface area contributed by atoms with E-state index in [1.807, 2.05) is 0 Å². The molecule has 0 spiro atoms. The molecule has 2 amide bonds. The Kier molecular flexibility index (Phi) is 2.86. The van der Waals surface area contributed by atoms with Crippen LogP contribution in [0, 0.1) is 0 Å². The second kappa shape index (κ2) is 4.10. The van der Waals surface area contributed by atoms with Crippen molar-refractivity contribution in [1.29, 1.82) is 0 Å². The molecule has 5 heteroatoms. The topological polar surface area (TPSA) is 72.6 Å². The molecule has 96 valence electrons. The van der Waals surface area contributed by atoms with Gasteiger partial charge in [-0.05, 0) is 32.0 Å². The zero-order chi connectivity index (χ0) is 13.5. The lowest BCUT2D eigenvalue weighted by Gasteiger charge is -2.24. The van der Waals surface area contributed by atoms with Crippen LogP contribution in [0.4, 0.5) is 0 Å². The first-order valence-electron chi connectivity index (χ1n) is 5.66. The first-order chi connectivity index (χ1) is 8.33. The monoisotopic (exact) mass is 248 g/mol. The fourth-order valence-electron chi connectivity index (χ4n) is 1.95. The third kappa shape index (κ3) is 2.09. The zero-order valence-electron chi connectivity index (χ0n) is 10.7. The van der Waals surface area contributed by atoms with E-state index in [1.165, 1.54) is 12.0 Å². The summed E-state index contributed by atoms with van der Waals surface area (Å²) < 4.78 is 5.05. The average Bonchev–Trinajstić information content (AvgIpc) is 2.52. The van der Waals surface area contributed by atoms with E-state index >= 15 is 0 Å². The molecule has 0 aliphatic carbocycles. The molecule has 1 aliphatic heterocycles. The fraction of sp³-hybridized carbons (Fsp3) is 0.385. The van der Waals surface area contributed by atoms with E-state index < -0.39 is 5.54 Å². The molecule has 0 radical (unpaired) electrons. The predicted octanol–water partition coefficient (Wildman–Crippen LogP) is 1.03. The van der Waals surface area contributed by atoms with Gasteiger partial charge in [0.2, 0.25) is 0 Å². The van der Waals surface area contributed by atoms with Gasteiger partial charge in [-0.3, -0.25) is 14.5 Å². The van der Waals surface area contributed by atoms with Gasteiger partial charge in [-0.15, -0.1) is 0 Å². The molecule has 1 aliphatic rings. The molecule has 0 saturated carbocycles. The van der Waals surface area contributed by atoms with Gasteiger partial charge < -0.3 is 10.5 Å². The standard InChI is InChI=1S/C13H16N2O3/c1-13(2,14)7-15-11(16)9-5-4-8(18-3)6-10(9)12(15)17/h4-6H,7,14H2,1-3H3. The minimum Gasteiger partial charge on any atom is -0.497 e. The quantitative estimate of drug-likeness (QED) is 0.811. The summed E-state index contributed by atoms with van der Waals surface area (Å²) in [5, 5.41) is 0. The number of ether oxygens (including phenoxy) is 1. The molecule has 0 saturated heterocycles. The van der Waals surface area contributed by atoms with Crippen LogP contribution in [0.15, 0.2) is 18.2 Å². The Bertz CT molecular complexity index is 517. The Morgan fingerprint density at radius 1 is 1.22 bits per heavy atom. The Balaban J connectivity index is 2.38. The third-order valence-corrected chi connectivity index (χ3v) is 2.74. The minimum absolute atomic E-state index is 0.196. The molecule has 1 heterocycles. The first-order valence-corrected chi connectivity index (χ1v) is 5.66. The molecule has 1 aromatic rings. The number of imide groups is 1. The van der Waals surface area contributed by atoms with E-state index in [4.69, 9.17) is 10.5 Å². The Morgan fingerprint density at radius 3 is 2.39 bits per heavy atom. The van der Waals surface area contributed by atoms with Crippen LogP contribution in [0.5, 0.6) is 5.75 Å². The van der Waals surface area contributed by atoms with E-state index in [9.17, 15) is 9.59 Å². The van der Waals surface area contributed by atoms with Crippen molar-refractivity contribution in [2.75, 3.05) is 13.7 Å².